The zero-order chi connectivity index (χ0) is 23.6. The van der Waals surface area contributed by atoms with Gasteiger partial charge in [-0.05, 0) is 42.9 Å². The third-order valence-electron chi connectivity index (χ3n) is 6.72. The smallest absolute Gasteiger partial charge is 0.372 e. The summed E-state index contributed by atoms with van der Waals surface area (Å²) in [7, 11) is 3.44. The molecule has 2 saturated heterocycles. The highest BCUT2D eigenvalue weighted by molar-refractivity contribution is 5.82. The molecule has 1 aromatic rings. The quantitative estimate of drug-likeness (QED) is 0.706. The third-order valence-corrected chi connectivity index (χ3v) is 6.72. The molecule has 32 heavy (non-hydrogen) atoms. The molecule has 0 radical (unpaired) electrons. The van der Waals surface area contributed by atoms with Crippen molar-refractivity contribution in [1.82, 2.24) is 9.80 Å². The molecule has 2 aliphatic heterocycles. The number of carbonyl (C=O) groups is 2. The first-order valence-electron chi connectivity index (χ1n) is 10.9. The second kappa shape index (κ2) is 9.39. The minimum Gasteiger partial charge on any atom is -0.372 e. The van der Waals surface area contributed by atoms with Gasteiger partial charge in [0.1, 0.15) is 0 Å². The number of hydrogen-bond donors (Lipinski definition) is 0. The fourth-order valence-corrected chi connectivity index (χ4v) is 4.97. The highest BCUT2D eigenvalue weighted by Crippen LogP contribution is 2.39. The van der Waals surface area contributed by atoms with Crippen LogP contribution in [-0.2, 0) is 15.8 Å². The van der Waals surface area contributed by atoms with Crippen LogP contribution in [0.15, 0.2) is 18.2 Å². The van der Waals surface area contributed by atoms with Crippen molar-refractivity contribution in [3.63, 3.8) is 0 Å². The van der Waals surface area contributed by atoms with Crippen molar-refractivity contribution >= 4 is 17.5 Å². The maximum atomic E-state index is 13.3. The summed E-state index contributed by atoms with van der Waals surface area (Å²) in [4.78, 5) is 30.3. The number of alkyl halides is 3. The molecule has 2 heterocycles. The van der Waals surface area contributed by atoms with Gasteiger partial charge in [-0.25, -0.2) is 0 Å². The Labute approximate surface area is 186 Å². The van der Waals surface area contributed by atoms with Crippen molar-refractivity contribution in [2.24, 2.45) is 17.8 Å². The first-order chi connectivity index (χ1) is 15.1. The van der Waals surface area contributed by atoms with Gasteiger partial charge >= 0.3 is 6.18 Å². The number of carbonyl (C=O) groups excluding carboxylic acids is 2. The molecule has 174 valence electrons. The number of benzene rings is 1. The Morgan fingerprint density at radius 1 is 1.19 bits per heavy atom. The van der Waals surface area contributed by atoms with Crippen molar-refractivity contribution in [2.75, 3.05) is 45.2 Å². The predicted octanol–water partition coefficient (Wildman–Crippen LogP) is 3.37. The van der Waals surface area contributed by atoms with Gasteiger partial charge in [-0.3, -0.25) is 9.59 Å². The van der Waals surface area contributed by atoms with Crippen LogP contribution in [-0.4, -0.2) is 61.9 Å². The number of nitriles is 1. The van der Waals surface area contributed by atoms with E-state index in [0.717, 1.165) is 18.9 Å². The van der Waals surface area contributed by atoms with Crippen molar-refractivity contribution in [3.05, 3.63) is 29.3 Å². The lowest BCUT2D eigenvalue weighted by Crippen LogP contribution is -2.41. The minimum absolute atomic E-state index is 0.0192. The summed E-state index contributed by atoms with van der Waals surface area (Å²) in [6.45, 7) is 3.92. The van der Waals surface area contributed by atoms with Gasteiger partial charge in [-0.15, -0.1) is 0 Å². The van der Waals surface area contributed by atoms with Crippen molar-refractivity contribution in [3.8, 4) is 6.07 Å². The summed E-state index contributed by atoms with van der Waals surface area (Å²) in [5.41, 5.74) is -0.849. The number of rotatable bonds is 4. The lowest BCUT2D eigenvalue weighted by molar-refractivity contribution is -0.138. The second-order valence-electron chi connectivity index (χ2n) is 8.82. The Hall–Kier alpha value is -2.76. The Bertz CT molecular complexity index is 901. The zero-order valence-electron chi connectivity index (χ0n) is 18.7. The Kier molecular flexibility index (Phi) is 7.01. The van der Waals surface area contributed by atoms with E-state index >= 15 is 0 Å². The third kappa shape index (κ3) is 4.84. The normalized spacial score (nSPS) is 22.0. The number of piperidine rings is 1. The summed E-state index contributed by atoms with van der Waals surface area (Å²) in [5, 5.41) is 9.00. The molecule has 1 aromatic carbocycles. The molecule has 2 fully saturated rings. The van der Waals surface area contributed by atoms with Crippen LogP contribution in [0, 0.1) is 29.1 Å². The summed E-state index contributed by atoms with van der Waals surface area (Å²) in [5.74, 6) is 0.0813. The number of hydrogen-bond acceptors (Lipinski definition) is 4. The first-order valence-corrected chi connectivity index (χ1v) is 10.9. The SMILES string of the molecule is CCC(=O)N1C[C@@H](C(=O)N(C)C)[C@H](C2CCN(c3ccc(C#N)c(C(F)(F)F)c3)CC2)C1. The van der Waals surface area contributed by atoms with Crippen molar-refractivity contribution in [1.29, 1.82) is 5.26 Å². The van der Waals surface area contributed by atoms with Crippen LogP contribution in [0.2, 0.25) is 0 Å². The average Bonchev–Trinajstić information content (AvgIpc) is 3.22. The largest absolute Gasteiger partial charge is 0.417 e. The van der Waals surface area contributed by atoms with Crippen LogP contribution in [0.1, 0.15) is 37.3 Å². The van der Waals surface area contributed by atoms with E-state index in [1.807, 2.05) is 11.8 Å². The van der Waals surface area contributed by atoms with Gasteiger partial charge in [-0.1, -0.05) is 6.92 Å². The number of nitrogens with zero attached hydrogens (tertiary/aromatic N) is 4. The van der Waals surface area contributed by atoms with Gasteiger partial charge in [0.15, 0.2) is 0 Å². The Morgan fingerprint density at radius 2 is 1.84 bits per heavy atom. The molecule has 2 amide bonds. The van der Waals surface area contributed by atoms with Gasteiger partial charge in [-0.2, -0.15) is 18.4 Å². The van der Waals surface area contributed by atoms with E-state index in [4.69, 9.17) is 5.26 Å². The lowest BCUT2D eigenvalue weighted by atomic mass is 9.78. The lowest BCUT2D eigenvalue weighted by Gasteiger charge is -2.38. The molecule has 0 aromatic heterocycles. The van der Waals surface area contributed by atoms with Crippen LogP contribution >= 0.6 is 0 Å². The maximum Gasteiger partial charge on any atom is 0.417 e. The standard InChI is InChI=1S/C23H29F3N4O2/c1-4-21(31)30-13-18(19(14-30)22(32)28(2)3)15-7-9-29(10-8-15)17-6-5-16(12-27)20(11-17)23(24,25)26/h5-6,11,15,18-19H,4,7-10,13-14H2,1-3H3/t18-,19+/m0/s1. The van der Waals surface area contributed by atoms with Crippen LogP contribution in [0.3, 0.4) is 0 Å². The molecule has 0 saturated carbocycles. The van der Waals surface area contributed by atoms with Gasteiger partial charge in [0.2, 0.25) is 11.8 Å². The molecular weight excluding hydrogens is 421 g/mol. The van der Waals surface area contributed by atoms with Crippen LogP contribution in [0.4, 0.5) is 18.9 Å². The highest BCUT2D eigenvalue weighted by Gasteiger charge is 2.44. The van der Waals surface area contributed by atoms with E-state index in [9.17, 15) is 22.8 Å². The van der Waals surface area contributed by atoms with Gasteiger partial charge in [0, 0.05) is 52.4 Å². The number of likely N-dealkylation sites (tertiary alicyclic amines) is 1. The fraction of sp³-hybridized carbons (Fsp3) is 0.609. The molecule has 6 nitrogen and oxygen atoms in total. The van der Waals surface area contributed by atoms with Crippen molar-refractivity contribution in [2.45, 2.75) is 32.4 Å². The molecule has 0 unspecified atom stereocenters. The topological polar surface area (TPSA) is 67.7 Å². The molecule has 2 atom stereocenters. The average molecular weight is 451 g/mol. The minimum atomic E-state index is -4.59. The van der Waals surface area contributed by atoms with E-state index in [-0.39, 0.29) is 35.1 Å². The second-order valence-corrected chi connectivity index (χ2v) is 8.82. The molecule has 0 spiro atoms. The molecule has 9 heteroatoms. The molecule has 0 N–H and O–H groups in total. The maximum absolute atomic E-state index is 13.3. The van der Waals surface area contributed by atoms with Gasteiger partial charge < -0.3 is 14.7 Å². The van der Waals surface area contributed by atoms with Crippen LogP contribution in [0.5, 0.6) is 0 Å². The molecule has 0 aliphatic carbocycles. The predicted molar refractivity (Wildman–Crippen MR) is 114 cm³/mol. The van der Waals surface area contributed by atoms with Crippen molar-refractivity contribution < 1.29 is 22.8 Å². The number of anilines is 1. The van der Waals surface area contributed by atoms with E-state index in [0.29, 0.717) is 38.3 Å². The fourth-order valence-electron chi connectivity index (χ4n) is 4.97. The van der Waals surface area contributed by atoms with Gasteiger partial charge in [0.25, 0.3) is 0 Å². The Balaban J connectivity index is 1.74. The first kappa shape index (κ1) is 23.9. The molecule has 0 bridgehead atoms. The number of halogens is 3. The summed E-state index contributed by atoms with van der Waals surface area (Å²) in [6.07, 6.45) is -2.72. The summed E-state index contributed by atoms with van der Waals surface area (Å²) >= 11 is 0. The number of amides is 2. The summed E-state index contributed by atoms with van der Waals surface area (Å²) in [6, 6.07) is 5.45. The van der Waals surface area contributed by atoms with Crippen LogP contribution < -0.4 is 4.90 Å². The Morgan fingerprint density at radius 3 is 2.38 bits per heavy atom. The van der Waals surface area contributed by atoms with E-state index < -0.39 is 11.7 Å². The zero-order valence-corrected chi connectivity index (χ0v) is 18.7. The van der Waals surface area contributed by atoms with Crippen LogP contribution in [0.25, 0.3) is 0 Å². The molecular formula is C23H29F3N4O2. The van der Waals surface area contributed by atoms with E-state index in [2.05, 4.69) is 0 Å². The molecule has 2 aliphatic rings. The highest BCUT2D eigenvalue weighted by atomic mass is 19.4. The van der Waals surface area contributed by atoms with Gasteiger partial charge in [0.05, 0.1) is 23.1 Å². The monoisotopic (exact) mass is 450 g/mol. The van der Waals surface area contributed by atoms with E-state index in [1.165, 1.54) is 6.07 Å². The molecule has 3 rings (SSSR count). The summed E-state index contributed by atoms with van der Waals surface area (Å²) < 4.78 is 40.0. The van der Waals surface area contributed by atoms with E-state index in [1.54, 1.807) is 36.0 Å².